The summed E-state index contributed by atoms with van der Waals surface area (Å²) in [4.78, 5) is 0. The van der Waals surface area contributed by atoms with Crippen molar-refractivity contribution in [1.29, 1.82) is 0 Å². The fourth-order valence-corrected chi connectivity index (χ4v) is 1.56. The minimum atomic E-state index is -4.32. The van der Waals surface area contributed by atoms with Crippen molar-refractivity contribution < 1.29 is 13.2 Å². The lowest BCUT2D eigenvalue weighted by Crippen LogP contribution is -2.07. The second kappa shape index (κ2) is 3.41. The minimum absolute atomic E-state index is 0.0456. The Morgan fingerprint density at radius 2 is 1.83 bits per heavy atom. The molecule has 0 N–H and O–H groups in total. The molecule has 0 atom stereocenters. The van der Waals surface area contributed by atoms with Crippen LogP contribution in [0.4, 0.5) is 13.2 Å². The summed E-state index contributed by atoms with van der Waals surface area (Å²) >= 11 is 7.09. The summed E-state index contributed by atoms with van der Waals surface area (Å²) in [6.07, 6.45) is -4.32. The van der Waals surface area contributed by atoms with E-state index in [1.807, 2.05) is 0 Å². The largest absolute Gasteiger partial charge is 0.417 e. The van der Waals surface area contributed by atoms with E-state index >= 15 is 0 Å². The summed E-state index contributed by atoms with van der Waals surface area (Å²) < 4.78 is 36.5. The molecule has 0 saturated carbocycles. The lowest BCUT2D eigenvalue weighted by molar-refractivity contribution is -0.138. The molecule has 0 heterocycles. The van der Waals surface area contributed by atoms with Gasteiger partial charge in [-0.2, -0.15) is 13.2 Å². The Labute approximate surface area is 85.9 Å². The third-order valence-electron chi connectivity index (χ3n) is 1.26. The van der Waals surface area contributed by atoms with Gasteiger partial charge in [0.25, 0.3) is 0 Å². The zero-order valence-electron chi connectivity index (χ0n) is 5.62. The van der Waals surface area contributed by atoms with E-state index in [9.17, 15) is 13.2 Å². The number of rotatable bonds is 0. The molecule has 0 spiro atoms. The topological polar surface area (TPSA) is 0 Å². The predicted octanol–water partition coefficient (Wildman–Crippen LogP) is 3.96. The Kier molecular flexibility index (Phi) is 2.88. The number of hydrogen-bond donors (Lipinski definition) is 0. The molecule has 0 radical (unpaired) electrons. The molecule has 1 aromatic rings. The first kappa shape index (κ1) is 10.1. The Morgan fingerprint density at radius 1 is 1.25 bits per heavy atom. The van der Waals surface area contributed by atoms with Crippen LogP contribution in [0.5, 0.6) is 0 Å². The number of benzene rings is 1. The van der Waals surface area contributed by atoms with Gasteiger partial charge < -0.3 is 0 Å². The monoisotopic (exact) mass is 306 g/mol. The fourth-order valence-electron chi connectivity index (χ4n) is 0.723. The second-order valence-corrected chi connectivity index (χ2v) is 3.59. The van der Waals surface area contributed by atoms with E-state index in [0.29, 0.717) is 0 Å². The molecule has 0 aliphatic carbocycles. The Balaban J connectivity index is 3.26. The maximum Gasteiger partial charge on any atom is 0.417 e. The van der Waals surface area contributed by atoms with Crippen molar-refractivity contribution in [1.82, 2.24) is 0 Å². The van der Waals surface area contributed by atoms with Gasteiger partial charge in [-0.05, 0) is 34.7 Å². The molecular formula is C7H3ClF3I. The third kappa shape index (κ3) is 2.04. The van der Waals surface area contributed by atoms with Crippen LogP contribution in [0.2, 0.25) is 5.02 Å². The van der Waals surface area contributed by atoms with Crippen LogP contribution in [0.25, 0.3) is 0 Å². The standard InChI is InChI=1S/C7H3ClF3I/c8-5-3-1-2-4(6(5)12)7(9,10)11/h1-3H. The van der Waals surface area contributed by atoms with Crippen molar-refractivity contribution >= 4 is 34.2 Å². The highest BCUT2D eigenvalue weighted by molar-refractivity contribution is 14.1. The lowest BCUT2D eigenvalue weighted by Gasteiger charge is -2.08. The summed E-state index contributed by atoms with van der Waals surface area (Å²) in [7, 11) is 0. The summed E-state index contributed by atoms with van der Waals surface area (Å²) in [5.41, 5.74) is -0.685. The van der Waals surface area contributed by atoms with E-state index in [4.69, 9.17) is 11.6 Å². The zero-order valence-corrected chi connectivity index (χ0v) is 8.54. The van der Waals surface area contributed by atoms with Gasteiger partial charge in [-0.1, -0.05) is 17.7 Å². The molecule has 1 aromatic carbocycles. The molecule has 0 aromatic heterocycles. The van der Waals surface area contributed by atoms with Gasteiger partial charge in [-0.3, -0.25) is 0 Å². The molecular weight excluding hydrogens is 303 g/mol. The highest BCUT2D eigenvalue weighted by Crippen LogP contribution is 2.35. The molecule has 0 saturated heterocycles. The summed E-state index contributed by atoms with van der Waals surface area (Å²) in [5, 5.41) is 0.130. The van der Waals surface area contributed by atoms with Crippen LogP contribution >= 0.6 is 34.2 Å². The van der Waals surface area contributed by atoms with Crippen LogP contribution in [0.1, 0.15) is 5.56 Å². The van der Waals surface area contributed by atoms with Crippen molar-refractivity contribution in [2.45, 2.75) is 6.18 Å². The highest BCUT2D eigenvalue weighted by atomic mass is 127. The molecule has 0 aliphatic rings. The highest BCUT2D eigenvalue weighted by Gasteiger charge is 2.33. The Bertz CT molecular complexity index is 295. The number of hydrogen-bond acceptors (Lipinski definition) is 0. The number of halogens is 5. The van der Waals surface area contributed by atoms with Gasteiger partial charge in [-0.25, -0.2) is 0 Å². The maximum atomic E-state index is 12.2. The normalized spacial score (nSPS) is 11.8. The van der Waals surface area contributed by atoms with Crippen molar-refractivity contribution in [3.05, 3.63) is 32.4 Å². The van der Waals surface area contributed by atoms with Crippen molar-refractivity contribution in [3.63, 3.8) is 0 Å². The van der Waals surface area contributed by atoms with Gasteiger partial charge in [0.15, 0.2) is 0 Å². The molecule has 0 fully saturated rings. The maximum absolute atomic E-state index is 12.2. The Hall–Kier alpha value is 0.0300. The molecule has 0 amide bonds. The number of alkyl halides is 3. The van der Waals surface area contributed by atoms with Gasteiger partial charge in [0, 0.05) is 3.57 Å². The molecule has 1 rings (SSSR count). The molecule has 0 aliphatic heterocycles. The summed E-state index contributed by atoms with van der Waals surface area (Å²) in [6.45, 7) is 0. The second-order valence-electron chi connectivity index (χ2n) is 2.10. The molecule has 5 heteroatoms. The zero-order chi connectivity index (χ0) is 9.35. The van der Waals surface area contributed by atoms with Crippen molar-refractivity contribution in [2.75, 3.05) is 0 Å². The van der Waals surface area contributed by atoms with Crippen LogP contribution in [0, 0.1) is 3.57 Å². The fraction of sp³-hybridized carbons (Fsp3) is 0.143. The average molecular weight is 306 g/mol. The van der Waals surface area contributed by atoms with Crippen LogP contribution < -0.4 is 0 Å². The average Bonchev–Trinajstić information content (AvgIpc) is 1.92. The van der Waals surface area contributed by atoms with Gasteiger partial charge in [0.05, 0.1) is 10.6 Å². The van der Waals surface area contributed by atoms with E-state index < -0.39 is 11.7 Å². The van der Waals surface area contributed by atoms with E-state index in [1.165, 1.54) is 12.1 Å². The lowest BCUT2D eigenvalue weighted by atomic mass is 10.2. The quantitative estimate of drug-likeness (QED) is 0.636. The van der Waals surface area contributed by atoms with E-state index in [2.05, 4.69) is 0 Å². The van der Waals surface area contributed by atoms with E-state index in [1.54, 1.807) is 22.6 Å². The molecule has 0 unspecified atom stereocenters. The van der Waals surface area contributed by atoms with Gasteiger partial charge in [0.2, 0.25) is 0 Å². The van der Waals surface area contributed by atoms with E-state index in [0.717, 1.165) is 6.07 Å². The summed E-state index contributed by atoms with van der Waals surface area (Å²) in [5.74, 6) is 0. The minimum Gasteiger partial charge on any atom is -0.166 e. The van der Waals surface area contributed by atoms with Gasteiger partial charge in [0.1, 0.15) is 0 Å². The Morgan fingerprint density at radius 3 is 2.25 bits per heavy atom. The first-order chi connectivity index (χ1) is 5.43. The van der Waals surface area contributed by atoms with Crippen LogP contribution in [-0.4, -0.2) is 0 Å². The van der Waals surface area contributed by atoms with Crippen LogP contribution in [0.3, 0.4) is 0 Å². The molecule has 12 heavy (non-hydrogen) atoms. The molecule has 0 bridgehead atoms. The molecule has 0 nitrogen and oxygen atoms in total. The predicted molar refractivity (Wildman–Crippen MR) is 49.2 cm³/mol. The smallest absolute Gasteiger partial charge is 0.166 e. The first-order valence-electron chi connectivity index (χ1n) is 2.94. The first-order valence-corrected chi connectivity index (χ1v) is 4.40. The van der Waals surface area contributed by atoms with Gasteiger partial charge >= 0.3 is 6.18 Å². The van der Waals surface area contributed by atoms with Gasteiger partial charge in [-0.15, -0.1) is 0 Å². The van der Waals surface area contributed by atoms with Crippen LogP contribution in [0.15, 0.2) is 18.2 Å². The molecule has 66 valence electrons. The van der Waals surface area contributed by atoms with E-state index in [-0.39, 0.29) is 8.59 Å². The SMILES string of the molecule is FC(F)(F)c1cccc(Cl)c1I. The third-order valence-corrected chi connectivity index (χ3v) is 3.05. The van der Waals surface area contributed by atoms with Crippen molar-refractivity contribution in [3.8, 4) is 0 Å². The van der Waals surface area contributed by atoms with Crippen molar-refractivity contribution in [2.24, 2.45) is 0 Å². The van der Waals surface area contributed by atoms with Crippen LogP contribution in [-0.2, 0) is 6.18 Å². The summed E-state index contributed by atoms with van der Waals surface area (Å²) in [6, 6.07) is 3.72.